The summed E-state index contributed by atoms with van der Waals surface area (Å²) >= 11 is 4.28. The molecule has 0 saturated carbocycles. The summed E-state index contributed by atoms with van der Waals surface area (Å²) in [5.41, 5.74) is 0.0125. The van der Waals surface area contributed by atoms with Crippen LogP contribution in [0.15, 0.2) is 27.8 Å². The number of thioether (sulfide) groups is 1. The van der Waals surface area contributed by atoms with Crippen LogP contribution in [-0.4, -0.2) is 23.3 Å². The van der Waals surface area contributed by atoms with E-state index in [9.17, 15) is 8.78 Å². The van der Waals surface area contributed by atoms with Crippen LogP contribution in [0, 0.1) is 11.6 Å². The maximum absolute atomic E-state index is 13.8. The van der Waals surface area contributed by atoms with Crippen molar-refractivity contribution in [3.8, 4) is 0 Å². The van der Waals surface area contributed by atoms with Gasteiger partial charge in [-0.25, -0.2) is 18.7 Å². The maximum Gasteiger partial charge on any atom is 0.191 e. The molecule has 0 aliphatic rings. The van der Waals surface area contributed by atoms with Crippen molar-refractivity contribution in [1.29, 1.82) is 0 Å². The number of benzene rings is 1. The molecule has 0 bridgehead atoms. The first kappa shape index (κ1) is 15.0. The Morgan fingerprint density at radius 3 is 2.45 bits per heavy atom. The predicted molar refractivity (Wildman–Crippen MR) is 80.7 cm³/mol. The van der Waals surface area contributed by atoms with Gasteiger partial charge >= 0.3 is 0 Å². The van der Waals surface area contributed by atoms with E-state index in [-0.39, 0.29) is 10.2 Å². The number of anilines is 3. The molecule has 20 heavy (non-hydrogen) atoms. The molecule has 8 heteroatoms. The lowest BCUT2D eigenvalue weighted by Gasteiger charge is -2.10. The lowest BCUT2D eigenvalue weighted by Crippen LogP contribution is -2.02. The van der Waals surface area contributed by atoms with Crippen molar-refractivity contribution in [1.82, 2.24) is 9.97 Å². The predicted octanol–water partition coefficient (Wildman–Crippen LogP) is 4.02. The van der Waals surface area contributed by atoms with Gasteiger partial charge in [0.25, 0.3) is 0 Å². The molecule has 0 atom stereocenters. The highest BCUT2D eigenvalue weighted by Gasteiger charge is 2.10. The van der Waals surface area contributed by atoms with Crippen LogP contribution < -0.4 is 10.6 Å². The van der Waals surface area contributed by atoms with Gasteiger partial charge in [-0.2, -0.15) is 0 Å². The normalized spacial score (nSPS) is 10.4. The first-order chi connectivity index (χ1) is 9.53. The van der Waals surface area contributed by atoms with Gasteiger partial charge in [-0.05, 0) is 28.3 Å². The van der Waals surface area contributed by atoms with E-state index >= 15 is 0 Å². The summed E-state index contributed by atoms with van der Waals surface area (Å²) in [6, 6.07) is 3.74. The van der Waals surface area contributed by atoms with Crippen molar-refractivity contribution >= 4 is 45.0 Å². The van der Waals surface area contributed by atoms with Crippen molar-refractivity contribution in [3.63, 3.8) is 0 Å². The average Bonchev–Trinajstić information content (AvgIpc) is 2.44. The number of hydrogen-bond donors (Lipinski definition) is 2. The van der Waals surface area contributed by atoms with E-state index in [4.69, 9.17) is 0 Å². The number of halogens is 3. The van der Waals surface area contributed by atoms with Crippen LogP contribution in [0.1, 0.15) is 0 Å². The molecule has 2 aromatic rings. The third kappa shape index (κ3) is 3.37. The van der Waals surface area contributed by atoms with Gasteiger partial charge in [0.2, 0.25) is 0 Å². The summed E-state index contributed by atoms with van der Waals surface area (Å²) in [6.07, 6.45) is 1.83. The molecule has 106 valence electrons. The highest BCUT2D eigenvalue weighted by Crippen LogP contribution is 2.26. The Morgan fingerprint density at radius 2 is 1.80 bits per heavy atom. The van der Waals surface area contributed by atoms with E-state index in [0.29, 0.717) is 16.8 Å². The van der Waals surface area contributed by atoms with Crippen molar-refractivity contribution in [2.24, 2.45) is 0 Å². The Balaban J connectivity index is 2.36. The standard InChI is InChI=1S/C12H11BrF2N4S/c1-16-10-5-11(19-12(18-10)20-2)17-9-4-7(14)6(13)3-8(9)15/h3-5H,1-2H3,(H2,16,17,18,19). The molecule has 1 aromatic heterocycles. The molecule has 0 unspecified atom stereocenters. The molecule has 0 amide bonds. The molecule has 2 N–H and O–H groups in total. The van der Waals surface area contributed by atoms with Crippen molar-refractivity contribution < 1.29 is 8.78 Å². The maximum atomic E-state index is 13.8. The highest BCUT2D eigenvalue weighted by atomic mass is 79.9. The Morgan fingerprint density at radius 1 is 1.10 bits per heavy atom. The van der Waals surface area contributed by atoms with Crippen molar-refractivity contribution in [2.75, 3.05) is 23.9 Å². The lowest BCUT2D eigenvalue weighted by molar-refractivity contribution is 0.597. The fourth-order valence-electron chi connectivity index (χ4n) is 1.46. The molecule has 0 saturated heterocycles. The van der Waals surface area contributed by atoms with Crippen LogP contribution in [0.2, 0.25) is 0 Å². The van der Waals surface area contributed by atoms with E-state index in [1.54, 1.807) is 13.1 Å². The number of nitrogens with zero attached hydrogens (tertiary/aromatic N) is 2. The van der Waals surface area contributed by atoms with E-state index in [2.05, 4.69) is 36.5 Å². The zero-order valence-electron chi connectivity index (χ0n) is 10.7. The summed E-state index contributed by atoms with van der Waals surface area (Å²) < 4.78 is 27.3. The smallest absolute Gasteiger partial charge is 0.191 e. The highest BCUT2D eigenvalue weighted by molar-refractivity contribution is 9.10. The fourth-order valence-corrected chi connectivity index (χ4v) is 2.16. The molecule has 0 aliphatic heterocycles. The van der Waals surface area contributed by atoms with Gasteiger partial charge in [0.1, 0.15) is 23.3 Å². The van der Waals surface area contributed by atoms with Gasteiger partial charge < -0.3 is 10.6 Å². The van der Waals surface area contributed by atoms with Gasteiger partial charge in [0.15, 0.2) is 5.16 Å². The summed E-state index contributed by atoms with van der Waals surface area (Å²) in [5.74, 6) is -0.158. The number of nitrogens with one attached hydrogen (secondary N) is 2. The zero-order valence-corrected chi connectivity index (χ0v) is 13.1. The van der Waals surface area contributed by atoms with E-state index in [1.165, 1.54) is 11.8 Å². The van der Waals surface area contributed by atoms with Gasteiger partial charge in [0, 0.05) is 19.2 Å². The van der Waals surface area contributed by atoms with Crippen LogP contribution in [0.4, 0.5) is 26.1 Å². The Hall–Kier alpha value is -1.41. The largest absolute Gasteiger partial charge is 0.373 e. The van der Waals surface area contributed by atoms with E-state index in [0.717, 1.165) is 12.1 Å². The fraction of sp³-hybridized carbons (Fsp3) is 0.167. The second-order valence-electron chi connectivity index (χ2n) is 3.75. The Labute approximate surface area is 127 Å². The van der Waals surface area contributed by atoms with E-state index in [1.807, 2.05) is 6.26 Å². The van der Waals surface area contributed by atoms with Gasteiger partial charge in [-0.1, -0.05) is 11.8 Å². The van der Waals surface area contributed by atoms with E-state index < -0.39 is 11.6 Å². The van der Waals surface area contributed by atoms with Gasteiger partial charge in [-0.3, -0.25) is 0 Å². The van der Waals surface area contributed by atoms with Crippen LogP contribution >= 0.6 is 27.7 Å². The molecule has 0 fully saturated rings. The first-order valence-electron chi connectivity index (χ1n) is 5.56. The topological polar surface area (TPSA) is 49.8 Å². The molecule has 0 radical (unpaired) electrons. The zero-order chi connectivity index (χ0) is 14.7. The quantitative estimate of drug-likeness (QED) is 0.489. The molecular formula is C12H11BrF2N4S. The Bertz CT molecular complexity index is 617. The summed E-state index contributed by atoms with van der Waals surface area (Å²) in [7, 11) is 1.72. The molecule has 1 aromatic carbocycles. The number of aromatic nitrogens is 2. The molecule has 0 aliphatic carbocycles. The van der Waals surface area contributed by atoms with Gasteiger partial charge in [0.05, 0.1) is 10.2 Å². The molecule has 4 nitrogen and oxygen atoms in total. The minimum atomic E-state index is -0.575. The second-order valence-corrected chi connectivity index (χ2v) is 5.37. The molecular weight excluding hydrogens is 350 g/mol. The molecule has 2 rings (SSSR count). The molecule has 0 spiro atoms. The monoisotopic (exact) mass is 360 g/mol. The summed E-state index contributed by atoms with van der Waals surface area (Å²) in [6.45, 7) is 0. The Kier molecular flexibility index (Phi) is 4.77. The minimum absolute atomic E-state index is 0.0125. The van der Waals surface area contributed by atoms with Crippen LogP contribution in [0.5, 0.6) is 0 Å². The lowest BCUT2D eigenvalue weighted by atomic mass is 10.3. The van der Waals surface area contributed by atoms with Crippen molar-refractivity contribution in [3.05, 3.63) is 34.3 Å². The summed E-state index contributed by atoms with van der Waals surface area (Å²) in [4.78, 5) is 8.38. The van der Waals surface area contributed by atoms with Crippen LogP contribution in [0.3, 0.4) is 0 Å². The minimum Gasteiger partial charge on any atom is -0.373 e. The first-order valence-corrected chi connectivity index (χ1v) is 7.57. The summed E-state index contributed by atoms with van der Waals surface area (Å²) in [5, 5.41) is 6.16. The third-order valence-electron chi connectivity index (χ3n) is 2.42. The number of hydrogen-bond acceptors (Lipinski definition) is 5. The van der Waals surface area contributed by atoms with Crippen molar-refractivity contribution in [2.45, 2.75) is 5.16 Å². The number of rotatable bonds is 4. The van der Waals surface area contributed by atoms with Gasteiger partial charge in [-0.15, -0.1) is 0 Å². The van der Waals surface area contributed by atoms with Crippen LogP contribution in [0.25, 0.3) is 0 Å². The molecule has 1 heterocycles. The second kappa shape index (κ2) is 6.36. The third-order valence-corrected chi connectivity index (χ3v) is 3.57. The van der Waals surface area contributed by atoms with Crippen LogP contribution in [-0.2, 0) is 0 Å². The average molecular weight is 361 g/mol. The SMILES string of the molecule is CNc1cc(Nc2cc(F)c(Br)cc2F)nc(SC)n1.